The van der Waals surface area contributed by atoms with E-state index in [2.05, 4.69) is 20.7 Å². The average Bonchev–Trinajstić information content (AvgIpc) is 3.61. The monoisotopic (exact) mass is 517 g/mol. The van der Waals surface area contributed by atoms with Gasteiger partial charge in [-0.2, -0.15) is 5.10 Å². The third-order valence-electron chi connectivity index (χ3n) is 6.49. The smallest absolute Gasteiger partial charge is 0.240 e. The number of aromatic nitrogens is 3. The van der Waals surface area contributed by atoms with Crippen LogP contribution in [0.3, 0.4) is 0 Å². The molecular weight excluding hydrogens is 492 g/mol. The molecule has 194 valence electrons. The Kier molecular flexibility index (Phi) is 6.62. The Bertz CT molecular complexity index is 1500. The van der Waals surface area contributed by atoms with E-state index in [-0.39, 0.29) is 17.3 Å². The highest BCUT2D eigenvalue weighted by atomic mass is 19.1. The molecule has 2 N–H and O–H groups in total. The summed E-state index contributed by atoms with van der Waals surface area (Å²) in [6, 6.07) is 12.7. The number of nitrogens with zero attached hydrogens (tertiary/aromatic N) is 3. The number of rotatable bonds is 8. The summed E-state index contributed by atoms with van der Waals surface area (Å²) in [5, 5.41) is 9.59. The Hall–Kier alpha value is -4.60. The predicted molar refractivity (Wildman–Crippen MR) is 136 cm³/mol. The van der Waals surface area contributed by atoms with Crippen LogP contribution in [-0.2, 0) is 16.6 Å². The molecule has 2 aromatic heterocycles. The van der Waals surface area contributed by atoms with Gasteiger partial charge in [-0.3, -0.25) is 19.3 Å². The van der Waals surface area contributed by atoms with Gasteiger partial charge < -0.3 is 15.4 Å². The molecule has 0 spiro atoms. The fraction of sp³-hybridized carbons (Fsp3) is 0.214. The zero-order valence-electron chi connectivity index (χ0n) is 20.7. The van der Waals surface area contributed by atoms with Crippen LogP contribution in [0.5, 0.6) is 11.5 Å². The van der Waals surface area contributed by atoms with E-state index in [0.717, 1.165) is 17.2 Å². The molecule has 1 saturated carbocycles. The molecule has 0 saturated heterocycles. The van der Waals surface area contributed by atoms with Crippen molar-refractivity contribution >= 4 is 17.5 Å². The lowest BCUT2D eigenvalue weighted by atomic mass is 10.0. The van der Waals surface area contributed by atoms with Crippen LogP contribution >= 0.6 is 0 Å². The SMILES string of the molecule is C[C@H](NC(=O)C1(C(=O)Nc2ccc(Oc3ccnc(-c4cnn(C)c4)c3)c(F)c2)CC1)c1ccc(F)cc1. The number of nitrogens with one attached hydrogen (secondary N) is 2. The van der Waals surface area contributed by atoms with E-state index in [1.807, 2.05) is 0 Å². The van der Waals surface area contributed by atoms with Crippen LogP contribution in [0.1, 0.15) is 31.4 Å². The average molecular weight is 518 g/mol. The summed E-state index contributed by atoms with van der Waals surface area (Å²) in [7, 11) is 1.80. The van der Waals surface area contributed by atoms with E-state index in [0.29, 0.717) is 24.3 Å². The van der Waals surface area contributed by atoms with Crippen LogP contribution in [0, 0.1) is 17.0 Å². The van der Waals surface area contributed by atoms with Crippen LogP contribution in [0.2, 0.25) is 0 Å². The van der Waals surface area contributed by atoms with E-state index >= 15 is 0 Å². The molecule has 0 unspecified atom stereocenters. The number of anilines is 1. The summed E-state index contributed by atoms with van der Waals surface area (Å²) in [5.41, 5.74) is 1.12. The molecule has 10 heteroatoms. The Morgan fingerprint density at radius 3 is 2.47 bits per heavy atom. The first-order valence-electron chi connectivity index (χ1n) is 12.0. The van der Waals surface area contributed by atoms with Crippen molar-refractivity contribution in [3.05, 3.63) is 90.4 Å². The van der Waals surface area contributed by atoms with Gasteiger partial charge in [0.1, 0.15) is 17.0 Å². The lowest BCUT2D eigenvalue weighted by Crippen LogP contribution is -2.41. The van der Waals surface area contributed by atoms with Gasteiger partial charge in [0.2, 0.25) is 11.8 Å². The molecule has 0 aliphatic heterocycles. The topological polar surface area (TPSA) is 98.1 Å². The summed E-state index contributed by atoms with van der Waals surface area (Å²) in [5.74, 6) is -1.62. The van der Waals surface area contributed by atoms with Gasteiger partial charge in [-0.05, 0) is 55.7 Å². The van der Waals surface area contributed by atoms with Crippen molar-refractivity contribution in [3.8, 4) is 22.8 Å². The predicted octanol–water partition coefficient (Wildman–Crippen LogP) is 5.15. The molecule has 8 nitrogen and oxygen atoms in total. The molecule has 2 heterocycles. The number of aryl methyl sites for hydroxylation is 1. The van der Waals surface area contributed by atoms with Gasteiger partial charge in [0.05, 0.1) is 17.9 Å². The lowest BCUT2D eigenvalue weighted by molar-refractivity contribution is -0.134. The van der Waals surface area contributed by atoms with Gasteiger partial charge in [0.15, 0.2) is 11.6 Å². The molecule has 4 aromatic rings. The van der Waals surface area contributed by atoms with E-state index in [9.17, 15) is 18.4 Å². The minimum absolute atomic E-state index is 0.0293. The molecule has 0 bridgehead atoms. The standard InChI is InChI=1S/C28H25F2N5O3/c1-17(18-3-5-20(29)6-4-18)33-26(36)28(10-11-28)27(37)34-21-7-8-25(23(30)13-21)38-22-9-12-31-24(14-22)19-15-32-35(2)16-19/h3-9,12-17H,10-11H2,1-2H3,(H,33,36)(H,34,37)/t17-/m0/s1. The highest BCUT2D eigenvalue weighted by Gasteiger charge is 2.56. The number of hydrogen-bond acceptors (Lipinski definition) is 5. The fourth-order valence-electron chi connectivity index (χ4n) is 4.08. The second-order valence-electron chi connectivity index (χ2n) is 9.31. The molecule has 2 amide bonds. The number of ether oxygens (including phenoxy) is 1. The van der Waals surface area contributed by atoms with E-state index in [4.69, 9.17) is 4.74 Å². The molecule has 5 rings (SSSR count). The van der Waals surface area contributed by atoms with Crippen LogP contribution < -0.4 is 15.4 Å². The fourth-order valence-corrected chi connectivity index (χ4v) is 4.08. The maximum Gasteiger partial charge on any atom is 0.240 e. The van der Waals surface area contributed by atoms with Gasteiger partial charge >= 0.3 is 0 Å². The number of carbonyl (C=O) groups excluding carboxylic acids is 2. The molecule has 1 aliphatic carbocycles. The normalized spacial score (nSPS) is 14.4. The minimum atomic E-state index is -1.22. The third kappa shape index (κ3) is 5.24. The minimum Gasteiger partial charge on any atom is -0.454 e. The number of benzene rings is 2. The van der Waals surface area contributed by atoms with Gasteiger partial charge in [-0.25, -0.2) is 8.78 Å². The van der Waals surface area contributed by atoms with Crippen molar-refractivity contribution in [2.45, 2.75) is 25.8 Å². The van der Waals surface area contributed by atoms with Crippen molar-refractivity contribution in [1.82, 2.24) is 20.1 Å². The first-order valence-corrected chi connectivity index (χ1v) is 12.0. The maximum atomic E-state index is 14.9. The molecule has 38 heavy (non-hydrogen) atoms. The molecule has 0 radical (unpaired) electrons. The Morgan fingerprint density at radius 1 is 1.05 bits per heavy atom. The van der Waals surface area contributed by atoms with Crippen molar-refractivity contribution in [1.29, 1.82) is 0 Å². The van der Waals surface area contributed by atoms with Crippen molar-refractivity contribution in [2.75, 3.05) is 5.32 Å². The molecule has 1 fully saturated rings. The highest BCUT2D eigenvalue weighted by molar-refractivity contribution is 6.13. The zero-order chi connectivity index (χ0) is 26.9. The summed E-state index contributed by atoms with van der Waals surface area (Å²) in [6.07, 6.45) is 5.79. The summed E-state index contributed by atoms with van der Waals surface area (Å²) >= 11 is 0. The van der Waals surface area contributed by atoms with E-state index in [1.54, 1.807) is 61.5 Å². The van der Waals surface area contributed by atoms with Crippen LogP contribution in [0.4, 0.5) is 14.5 Å². The second-order valence-corrected chi connectivity index (χ2v) is 9.31. The lowest BCUT2D eigenvalue weighted by Gasteiger charge is -2.20. The second kappa shape index (κ2) is 10.0. The first kappa shape index (κ1) is 25.1. The molecule has 1 aliphatic rings. The van der Waals surface area contributed by atoms with Crippen LogP contribution in [-0.4, -0.2) is 26.6 Å². The Labute approximate surface area is 217 Å². The number of halogens is 2. The van der Waals surface area contributed by atoms with E-state index < -0.39 is 29.1 Å². The van der Waals surface area contributed by atoms with Crippen molar-refractivity contribution < 1.29 is 23.1 Å². The maximum absolute atomic E-state index is 14.9. The summed E-state index contributed by atoms with van der Waals surface area (Å²) < 4.78 is 35.4. The Morgan fingerprint density at radius 2 is 1.82 bits per heavy atom. The van der Waals surface area contributed by atoms with Gasteiger partial charge in [0, 0.05) is 42.8 Å². The van der Waals surface area contributed by atoms with Gasteiger partial charge in [0.25, 0.3) is 0 Å². The largest absolute Gasteiger partial charge is 0.454 e. The number of pyridine rings is 1. The summed E-state index contributed by atoms with van der Waals surface area (Å²) in [6.45, 7) is 1.76. The quantitative estimate of drug-likeness (QED) is 0.315. The number of carbonyl (C=O) groups is 2. The first-order chi connectivity index (χ1) is 18.2. The molecule has 2 aromatic carbocycles. The highest BCUT2D eigenvalue weighted by Crippen LogP contribution is 2.47. The summed E-state index contributed by atoms with van der Waals surface area (Å²) in [4.78, 5) is 30.2. The molecule has 1 atom stereocenters. The Balaban J connectivity index is 1.23. The number of amides is 2. The zero-order valence-corrected chi connectivity index (χ0v) is 20.7. The van der Waals surface area contributed by atoms with Crippen molar-refractivity contribution in [3.63, 3.8) is 0 Å². The van der Waals surface area contributed by atoms with Gasteiger partial charge in [-0.1, -0.05) is 12.1 Å². The van der Waals surface area contributed by atoms with Crippen LogP contribution in [0.25, 0.3) is 11.3 Å². The molecular formula is C28H25F2N5O3. The van der Waals surface area contributed by atoms with Crippen LogP contribution in [0.15, 0.2) is 73.2 Å². The van der Waals surface area contributed by atoms with Crippen molar-refractivity contribution in [2.24, 2.45) is 12.5 Å². The number of hydrogen-bond donors (Lipinski definition) is 2. The van der Waals surface area contributed by atoms with E-state index in [1.165, 1.54) is 24.3 Å². The third-order valence-corrected chi connectivity index (χ3v) is 6.49. The van der Waals surface area contributed by atoms with Gasteiger partial charge in [-0.15, -0.1) is 0 Å².